The fraction of sp³-hybridized carbons (Fsp3) is 0.333. The second kappa shape index (κ2) is 7.68. The van der Waals surface area contributed by atoms with Crippen LogP contribution in [0.2, 0.25) is 0 Å². The number of ether oxygens (including phenoxy) is 5. The van der Waals surface area contributed by atoms with Crippen molar-refractivity contribution in [3.05, 3.63) is 17.9 Å². The zero-order valence-electron chi connectivity index (χ0n) is 11.9. The Labute approximate surface area is 120 Å². The van der Waals surface area contributed by atoms with Gasteiger partial charge in [-0.05, 0) is 0 Å². The molecule has 114 valence electrons. The molecule has 0 bridgehead atoms. The first kappa shape index (κ1) is 16.2. The van der Waals surface area contributed by atoms with E-state index in [-0.39, 0.29) is 17.8 Å². The first-order valence-electron chi connectivity index (χ1n) is 5.57. The van der Waals surface area contributed by atoms with Crippen molar-refractivity contribution >= 4 is 11.9 Å². The Morgan fingerprint density at radius 3 is 2.00 bits per heavy atom. The molecular formula is C12H14N2O7. The summed E-state index contributed by atoms with van der Waals surface area (Å²) in [5, 5.41) is 0. The van der Waals surface area contributed by atoms with Gasteiger partial charge in [-0.3, -0.25) is 0 Å². The van der Waals surface area contributed by atoms with E-state index in [1.165, 1.54) is 20.3 Å². The van der Waals surface area contributed by atoms with E-state index in [0.29, 0.717) is 0 Å². The molecule has 0 radical (unpaired) electrons. The molecular weight excluding hydrogens is 284 g/mol. The van der Waals surface area contributed by atoms with Crippen molar-refractivity contribution in [2.75, 3.05) is 28.4 Å². The summed E-state index contributed by atoms with van der Waals surface area (Å²) in [6, 6.07) is 1.15. The lowest BCUT2D eigenvalue weighted by atomic mass is 10.4. The number of methoxy groups -OCH3 is 4. The second-order valence-electron chi connectivity index (χ2n) is 3.36. The summed E-state index contributed by atoms with van der Waals surface area (Å²) < 4.78 is 23.9. The van der Waals surface area contributed by atoms with E-state index in [1.807, 2.05) is 0 Å². The highest BCUT2D eigenvalue weighted by Crippen LogP contribution is 2.20. The Morgan fingerprint density at radius 2 is 1.57 bits per heavy atom. The van der Waals surface area contributed by atoms with E-state index < -0.39 is 17.7 Å². The molecule has 1 aromatic heterocycles. The average Bonchev–Trinajstić information content (AvgIpc) is 2.52. The number of aromatic nitrogens is 2. The van der Waals surface area contributed by atoms with Gasteiger partial charge in [0.05, 0.1) is 40.6 Å². The summed E-state index contributed by atoms with van der Waals surface area (Å²) in [5.41, 5.74) is 0. The summed E-state index contributed by atoms with van der Waals surface area (Å²) in [4.78, 5) is 30.4. The van der Waals surface area contributed by atoms with E-state index in [0.717, 1.165) is 20.3 Å². The Bertz CT molecular complexity index is 534. The molecule has 0 atom stereocenters. The van der Waals surface area contributed by atoms with Gasteiger partial charge in [-0.25, -0.2) is 9.59 Å². The second-order valence-corrected chi connectivity index (χ2v) is 3.36. The van der Waals surface area contributed by atoms with Crippen LogP contribution >= 0.6 is 0 Å². The first-order chi connectivity index (χ1) is 10.0. The van der Waals surface area contributed by atoms with E-state index in [9.17, 15) is 9.59 Å². The van der Waals surface area contributed by atoms with E-state index in [2.05, 4.69) is 19.4 Å². The molecule has 0 aliphatic heterocycles. The summed E-state index contributed by atoms with van der Waals surface area (Å²) >= 11 is 0. The number of hydrogen-bond donors (Lipinski definition) is 0. The quantitative estimate of drug-likeness (QED) is 0.410. The molecule has 0 fully saturated rings. The summed E-state index contributed by atoms with van der Waals surface area (Å²) in [6.45, 7) is 0. The Balaban J connectivity index is 3.11. The molecule has 0 amide bonds. The Morgan fingerprint density at radius 1 is 1.00 bits per heavy atom. The topological polar surface area (TPSA) is 106 Å². The summed E-state index contributed by atoms with van der Waals surface area (Å²) in [5.74, 6) is -1.84. The third kappa shape index (κ3) is 4.64. The van der Waals surface area contributed by atoms with Crippen LogP contribution in [0.15, 0.2) is 17.9 Å². The van der Waals surface area contributed by atoms with E-state index >= 15 is 0 Å². The van der Waals surface area contributed by atoms with E-state index in [4.69, 9.17) is 14.2 Å². The zero-order chi connectivity index (χ0) is 15.8. The maximum Gasteiger partial charge on any atom is 0.374 e. The smallest absolute Gasteiger partial charge is 0.374 e. The highest BCUT2D eigenvalue weighted by molar-refractivity contribution is 5.94. The van der Waals surface area contributed by atoms with Crippen LogP contribution in [-0.2, 0) is 19.1 Å². The fourth-order valence-electron chi connectivity index (χ4n) is 1.13. The van der Waals surface area contributed by atoms with Crippen molar-refractivity contribution in [1.29, 1.82) is 0 Å². The minimum absolute atomic E-state index is 0.152. The van der Waals surface area contributed by atoms with Gasteiger partial charge in [0.2, 0.25) is 17.5 Å². The van der Waals surface area contributed by atoms with Crippen molar-refractivity contribution in [1.82, 2.24) is 9.97 Å². The van der Waals surface area contributed by atoms with Crippen molar-refractivity contribution in [2.24, 2.45) is 0 Å². The predicted molar refractivity (Wildman–Crippen MR) is 67.9 cm³/mol. The van der Waals surface area contributed by atoms with Crippen LogP contribution in [0.25, 0.3) is 0 Å². The van der Waals surface area contributed by atoms with Crippen LogP contribution in [0.5, 0.6) is 17.8 Å². The highest BCUT2D eigenvalue weighted by Gasteiger charge is 2.18. The van der Waals surface area contributed by atoms with Crippen LogP contribution < -0.4 is 14.2 Å². The molecule has 0 unspecified atom stereocenters. The predicted octanol–water partition coefficient (Wildman–Crippen LogP) is 0.102. The molecule has 1 rings (SSSR count). The third-order valence-electron chi connectivity index (χ3n) is 2.11. The normalized spacial score (nSPS) is 10.6. The van der Waals surface area contributed by atoms with Crippen LogP contribution in [0.4, 0.5) is 0 Å². The number of esters is 2. The zero-order valence-corrected chi connectivity index (χ0v) is 11.9. The molecule has 0 spiro atoms. The average molecular weight is 298 g/mol. The Hall–Kier alpha value is -2.84. The van der Waals surface area contributed by atoms with Crippen LogP contribution in [0.3, 0.4) is 0 Å². The van der Waals surface area contributed by atoms with Crippen LogP contribution in [-0.4, -0.2) is 50.3 Å². The van der Waals surface area contributed by atoms with Gasteiger partial charge in [-0.2, -0.15) is 9.97 Å². The van der Waals surface area contributed by atoms with Crippen molar-refractivity contribution in [2.45, 2.75) is 0 Å². The van der Waals surface area contributed by atoms with Gasteiger partial charge in [0.1, 0.15) is 0 Å². The fourth-order valence-corrected chi connectivity index (χ4v) is 1.13. The van der Waals surface area contributed by atoms with Crippen LogP contribution in [0, 0.1) is 0 Å². The molecule has 9 heteroatoms. The lowest BCUT2D eigenvalue weighted by Crippen LogP contribution is -2.15. The lowest BCUT2D eigenvalue weighted by molar-refractivity contribution is -0.140. The molecule has 0 aromatic carbocycles. The highest BCUT2D eigenvalue weighted by atomic mass is 16.6. The number of rotatable bonds is 6. The maximum absolute atomic E-state index is 11.5. The van der Waals surface area contributed by atoms with Crippen LogP contribution in [0.1, 0.15) is 0 Å². The summed E-state index contributed by atoms with van der Waals surface area (Å²) in [7, 11) is 5.05. The monoisotopic (exact) mass is 298 g/mol. The molecule has 21 heavy (non-hydrogen) atoms. The third-order valence-corrected chi connectivity index (χ3v) is 2.11. The molecule has 1 heterocycles. The van der Waals surface area contributed by atoms with E-state index in [1.54, 1.807) is 0 Å². The Kier molecular flexibility index (Phi) is 5.93. The minimum Gasteiger partial charge on any atom is -0.481 e. The van der Waals surface area contributed by atoms with Gasteiger partial charge in [0.25, 0.3) is 0 Å². The molecule has 0 aliphatic carbocycles. The first-order valence-corrected chi connectivity index (χ1v) is 5.57. The molecule has 1 aromatic rings. The molecule has 0 saturated heterocycles. The van der Waals surface area contributed by atoms with Gasteiger partial charge < -0.3 is 23.7 Å². The molecule has 0 aliphatic rings. The number of carbonyl (C=O) groups is 2. The lowest BCUT2D eigenvalue weighted by Gasteiger charge is -2.08. The molecule has 0 N–H and O–H groups in total. The van der Waals surface area contributed by atoms with Crippen molar-refractivity contribution in [3.8, 4) is 17.8 Å². The van der Waals surface area contributed by atoms with Crippen molar-refractivity contribution in [3.63, 3.8) is 0 Å². The largest absolute Gasteiger partial charge is 0.481 e. The number of nitrogens with zero attached hydrogens (tertiary/aromatic N) is 2. The SMILES string of the molecule is COC(=O)C=C(Oc1nc(OC)cc(OC)n1)C(=O)OC. The van der Waals surface area contributed by atoms with Gasteiger partial charge in [0, 0.05) is 0 Å². The van der Waals surface area contributed by atoms with Crippen molar-refractivity contribution < 1.29 is 33.3 Å². The summed E-state index contributed by atoms with van der Waals surface area (Å²) in [6.07, 6.45) is 0.807. The number of hydrogen-bond acceptors (Lipinski definition) is 9. The van der Waals surface area contributed by atoms with Gasteiger partial charge in [-0.1, -0.05) is 0 Å². The maximum atomic E-state index is 11.5. The standard InChI is InChI=1S/C12H14N2O7/c1-17-8-6-9(18-2)14-12(13-8)21-7(11(16)20-4)5-10(15)19-3/h5-6H,1-4H3. The molecule has 0 saturated carbocycles. The number of carbonyl (C=O) groups excluding carboxylic acids is 2. The van der Waals surface area contributed by atoms with Gasteiger partial charge >= 0.3 is 17.9 Å². The van der Waals surface area contributed by atoms with Gasteiger partial charge in [-0.15, -0.1) is 0 Å². The molecule has 9 nitrogen and oxygen atoms in total. The van der Waals surface area contributed by atoms with Gasteiger partial charge in [0.15, 0.2) is 0 Å². The minimum atomic E-state index is -0.897.